The summed E-state index contributed by atoms with van der Waals surface area (Å²) < 4.78 is 0. The van der Waals surface area contributed by atoms with Gasteiger partial charge in [-0.3, -0.25) is 0 Å². The van der Waals surface area contributed by atoms with Crippen molar-refractivity contribution in [3.63, 3.8) is 0 Å². The maximum absolute atomic E-state index is 7.82. The van der Waals surface area contributed by atoms with E-state index in [0.717, 1.165) is 28.8 Å². The van der Waals surface area contributed by atoms with Crippen LogP contribution in [0.25, 0.3) is 125 Å². The van der Waals surface area contributed by atoms with Gasteiger partial charge in [-0.1, -0.05) is 171 Å². The van der Waals surface area contributed by atoms with E-state index < -0.39 is 0 Å². The molecule has 0 atom stereocenters. The first-order valence-electron chi connectivity index (χ1n) is 20.2. The van der Waals surface area contributed by atoms with E-state index in [4.69, 9.17) is 6.57 Å². The molecule has 58 heavy (non-hydrogen) atoms. The molecule has 12 rings (SSSR count). The van der Waals surface area contributed by atoms with Gasteiger partial charge < -0.3 is 0 Å². The normalized spacial score (nSPS) is 11.9. The van der Waals surface area contributed by atoms with Crippen molar-refractivity contribution in [1.29, 1.82) is 0 Å². The molecule has 0 aliphatic heterocycles. The van der Waals surface area contributed by atoms with Crippen LogP contribution in [-0.4, -0.2) is 0 Å². The average molecular weight is 734 g/mol. The van der Waals surface area contributed by atoms with E-state index in [2.05, 4.69) is 188 Å². The number of hydrogen-bond donors (Lipinski definition) is 0. The van der Waals surface area contributed by atoms with Crippen LogP contribution < -0.4 is 0 Å². The van der Waals surface area contributed by atoms with E-state index in [0.29, 0.717) is 0 Å². The van der Waals surface area contributed by atoms with Gasteiger partial charge in [-0.15, -0.1) is 0 Å². The third-order valence-corrected chi connectivity index (χ3v) is 12.7. The largest absolute Gasteiger partial charge is 0.238 e. The zero-order chi connectivity index (χ0) is 38.5. The predicted molar refractivity (Wildman–Crippen MR) is 249 cm³/mol. The van der Waals surface area contributed by atoms with Crippen LogP contribution in [0.2, 0.25) is 0 Å². The van der Waals surface area contributed by atoms with Gasteiger partial charge in [0.25, 0.3) is 0 Å². The van der Waals surface area contributed by atoms with Crippen LogP contribution in [-0.2, 0) is 6.42 Å². The number of rotatable bonds is 5. The lowest BCUT2D eigenvalue weighted by Gasteiger charge is -2.19. The highest BCUT2D eigenvalue weighted by atomic mass is 14.6. The fourth-order valence-electron chi connectivity index (χ4n) is 10.3. The highest BCUT2D eigenvalue weighted by Gasteiger charge is 2.27. The van der Waals surface area contributed by atoms with Crippen LogP contribution in [0.4, 0.5) is 5.69 Å². The Balaban J connectivity index is 1.25. The van der Waals surface area contributed by atoms with Crippen LogP contribution >= 0.6 is 0 Å². The molecular weight excluding hydrogens is 699 g/mol. The first kappa shape index (κ1) is 32.7. The van der Waals surface area contributed by atoms with Gasteiger partial charge in [0.05, 0.1) is 6.57 Å². The van der Waals surface area contributed by atoms with Crippen LogP contribution in [0.1, 0.15) is 12.5 Å². The lowest BCUT2D eigenvalue weighted by Crippen LogP contribution is -1.91. The highest BCUT2D eigenvalue weighted by molar-refractivity contribution is 6.45. The van der Waals surface area contributed by atoms with E-state index in [1.165, 1.54) is 109 Å². The quantitative estimate of drug-likeness (QED) is 0.123. The van der Waals surface area contributed by atoms with Crippen molar-refractivity contribution in [1.82, 2.24) is 0 Å². The summed E-state index contributed by atoms with van der Waals surface area (Å²) >= 11 is 0. The summed E-state index contributed by atoms with van der Waals surface area (Å²) in [6.07, 6.45) is 0.848. The molecule has 268 valence electrons. The first-order valence-corrected chi connectivity index (χ1v) is 20.2. The Kier molecular flexibility index (Phi) is 7.04. The number of hydrogen-bond acceptors (Lipinski definition) is 0. The summed E-state index contributed by atoms with van der Waals surface area (Å²) in [4.78, 5) is 3.86. The molecule has 12 aromatic carbocycles. The summed E-state index contributed by atoms with van der Waals surface area (Å²) in [7, 11) is 0. The van der Waals surface area contributed by atoms with Crippen LogP contribution in [0.5, 0.6) is 0 Å². The maximum Gasteiger partial charge on any atom is 0.191 e. The Labute approximate surface area is 336 Å². The highest BCUT2D eigenvalue weighted by Crippen LogP contribution is 2.55. The van der Waals surface area contributed by atoms with Gasteiger partial charge in [-0.05, 0) is 150 Å². The Morgan fingerprint density at radius 1 is 0.345 bits per heavy atom. The van der Waals surface area contributed by atoms with Gasteiger partial charge in [0.2, 0.25) is 0 Å². The van der Waals surface area contributed by atoms with Crippen molar-refractivity contribution in [2.75, 3.05) is 0 Å². The Bertz CT molecular complexity index is 3650. The summed E-state index contributed by atoms with van der Waals surface area (Å²) in [6.45, 7) is 9.93. The standard InChI is InChI=1S/C57H35N/c1-3-34-27-28-38(32-50(34)58-2)37-19-12-20-39(31-37)40-29-30-47-53-43(40)23-13-26-46(53)56-51(35-15-6-4-7-16-35)49-33-48-42-22-11-10-21-41(42)44-24-14-25-45(54(44)48)55(49)52(57(47)56)36-17-8-5-9-18-36/h4-33H,3H2,1H3. The van der Waals surface area contributed by atoms with Gasteiger partial charge in [0, 0.05) is 0 Å². The minimum absolute atomic E-state index is 0.732. The van der Waals surface area contributed by atoms with Gasteiger partial charge >= 0.3 is 0 Å². The number of fused-ring (bicyclic) bond motifs is 8. The van der Waals surface area contributed by atoms with E-state index in [1.807, 2.05) is 6.07 Å². The Morgan fingerprint density at radius 2 is 0.879 bits per heavy atom. The molecule has 0 aliphatic rings. The van der Waals surface area contributed by atoms with E-state index in [1.54, 1.807) is 0 Å². The molecule has 0 bridgehead atoms. The topological polar surface area (TPSA) is 4.36 Å². The van der Waals surface area contributed by atoms with Gasteiger partial charge in [0.15, 0.2) is 5.69 Å². The third kappa shape index (κ3) is 4.52. The summed E-state index contributed by atoms with van der Waals surface area (Å²) in [5.74, 6) is 0. The van der Waals surface area contributed by atoms with Crippen molar-refractivity contribution in [2.45, 2.75) is 13.3 Å². The zero-order valence-electron chi connectivity index (χ0n) is 32.0. The maximum atomic E-state index is 7.82. The molecule has 0 saturated carbocycles. The molecule has 0 unspecified atom stereocenters. The van der Waals surface area contributed by atoms with E-state index in [-0.39, 0.29) is 0 Å². The monoisotopic (exact) mass is 733 g/mol. The van der Waals surface area contributed by atoms with Crippen LogP contribution in [0, 0.1) is 6.57 Å². The van der Waals surface area contributed by atoms with Gasteiger partial charge in [0.1, 0.15) is 0 Å². The molecule has 1 nitrogen and oxygen atoms in total. The second kappa shape index (κ2) is 12.5. The molecule has 0 fully saturated rings. The van der Waals surface area contributed by atoms with Crippen molar-refractivity contribution >= 4 is 81.1 Å². The number of aryl methyl sites for hydroxylation is 1. The van der Waals surface area contributed by atoms with Crippen molar-refractivity contribution in [3.8, 4) is 44.5 Å². The molecule has 0 aliphatic carbocycles. The molecule has 0 saturated heterocycles. The second-order valence-corrected chi connectivity index (χ2v) is 15.6. The molecular formula is C57H35N. The molecule has 0 aromatic heterocycles. The first-order chi connectivity index (χ1) is 28.7. The molecule has 0 spiro atoms. The van der Waals surface area contributed by atoms with E-state index >= 15 is 0 Å². The van der Waals surface area contributed by atoms with Crippen LogP contribution in [0.3, 0.4) is 0 Å². The second-order valence-electron chi connectivity index (χ2n) is 15.6. The summed E-state index contributed by atoms with van der Waals surface area (Å²) in [5, 5.41) is 18.2. The third-order valence-electron chi connectivity index (χ3n) is 12.7. The summed E-state index contributed by atoms with van der Waals surface area (Å²) in [6, 6.07) is 67.2. The van der Waals surface area contributed by atoms with E-state index in [9.17, 15) is 0 Å². The lowest BCUT2D eigenvalue weighted by molar-refractivity contribution is 1.15. The Hall–Kier alpha value is -7.53. The molecule has 12 aromatic rings. The minimum atomic E-state index is 0.732. The molecule has 0 amide bonds. The molecule has 0 N–H and O–H groups in total. The smallest absolute Gasteiger partial charge is 0.191 e. The number of nitrogens with zero attached hydrogens (tertiary/aromatic N) is 1. The summed E-state index contributed by atoms with van der Waals surface area (Å²) in [5.41, 5.74) is 11.4. The fourth-order valence-corrected chi connectivity index (χ4v) is 10.3. The number of benzene rings is 10. The van der Waals surface area contributed by atoms with Crippen molar-refractivity contribution in [3.05, 3.63) is 199 Å². The zero-order valence-corrected chi connectivity index (χ0v) is 32.0. The molecule has 1 heteroatoms. The van der Waals surface area contributed by atoms with Gasteiger partial charge in [-0.2, -0.15) is 0 Å². The van der Waals surface area contributed by atoms with Gasteiger partial charge in [-0.25, -0.2) is 4.85 Å². The van der Waals surface area contributed by atoms with Crippen molar-refractivity contribution < 1.29 is 0 Å². The minimum Gasteiger partial charge on any atom is -0.238 e. The SMILES string of the molecule is [C-]#[N+]c1cc(-c2cccc(-c3ccc4c5c(-c6ccccc6)c6c(cc7c8ccccc8c8cccc6c87)c(-c6ccccc6)c5c5cccc3c54)c2)ccc1CC. The fraction of sp³-hybridized carbons (Fsp3) is 0.0351. The Morgan fingerprint density at radius 3 is 1.62 bits per heavy atom. The van der Waals surface area contributed by atoms with Crippen LogP contribution in [0.15, 0.2) is 182 Å². The van der Waals surface area contributed by atoms with Crippen molar-refractivity contribution in [2.24, 2.45) is 0 Å². The molecule has 0 heterocycles. The lowest BCUT2D eigenvalue weighted by atomic mass is 9.84. The predicted octanol–water partition coefficient (Wildman–Crippen LogP) is 16.4. The molecule has 0 radical (unpaired) electrons. The average Bonchev–Trinajstić information content (AvgIpc) is 3.80.